The number of oxime groups is 1. The van der Waals surface area contributed by atoms with Gasteiger partial charge in [0.2, 0.25) is 0 Å². The third-order valence-electron chi connectivity index (χ3n) is 1.73. The molecule has 5 heteroatoms. The molecule has 0 aromatic rings. The zero-order chi connectivity index (χ0) is 8.81. The molecule has 70 valence electrons. The van der Waals surface area contributed by atoms with Crippen molar-refractivity contribution in [3.8, 4) is 0 Å². The molecule has 0 radical (unpaired) electrons. The maximum Gasteiger partial charge on any atom is 0.141 e. The summed E-state index contributed by atoms with van der Waals surface area (Å²) in [4.78, 5) is 0. The van der Waals surface area contributed by atoms with E-state index in [9.17, 15) is 0 Å². The molecule has 0 aromatic carbocycles. The van der Waals surface area contributed by atoms with E-state index < -0.39 is 0 Å². The molecule has 1 saturated heterocycles. The molecule has 1 rings (SSSR count). The number of rotatable bonds is 4. The van der Waals surface area contributed by atoms with Crippen molar-refractivity contribution in [2.75, 3.05) is 19.8 Å². The normalized spacial score (nSPS) is 24.7. The fourth-order valence-electron chi connectivity index (χ4n) is 1.02. The smallest absolute Gasteiger partial charge is 0.141 e. The van der Waals surface area contributed by atoms with Gasteiger partial charge in [0, 0.05) is 13.0 Å². The molecule has 12 heavy (non-hydrogen) atoms. The first kappa shape index (κ1) is 9.28. The molecule has 5 nitrogen and oxygen atoms in total. The van der Waals surface area contributed by atoms with Crippen molar-refractivity contribution in [2.24, 2.45) is 10.9 Å². The Morgan fingerprint density at radius 3 is 3.17 bits per heavy atom. The Hall–Kier alpha value is -0.810. The highest BCUT2D eigenvalue weighted by Crippen LogP contribution is 2.07. The van der Waals surface area contributed by atoms with E-state index in [4.69, 9.17) is 20.4 Å². The predicted molar refractivity (Wildman–Crippen MR) is 43.2 cm³/mol. The van der Waals surface area contributed by atoms with Gasteiger partial charge >= 0.3 is 0 Å². The molecule has 3 N–H and O–H groups in total. The number of amidine groups is 1. The van der Waals surface area contributed by atoms with E-state index in [2.05, 4.69) is 5.16 Å². The molecule has 0 bridgehead atoms. The van der Waals surface area contributed by atoms with Crippen LogP contribution in [0.4, 0.5) is 0 Å². The SMILES string of the molecule is NC(CCOC1CCOC1)=NO. The van der Waals surface area contributed by atoms with Crippen LogP contribution in [0.1, 0.15) is 12.8 Å². The number of hydrogen-bond acceptors (Lipinski definition) is 4. The fourth-order valence-corrected chi connectivity index (χ4v) is 1.02. The second-order valence-electron chi connectivity index (χ2n) is 2.70. The Labute approximate surface area is 71.1 Å². The molecular formula is C7H14N2O3. The summed E-state index contributed by atoms with van der Waals surface area (Å²) in [6.45, 7) is 1.92. The first-order valence-electron chi connectivity index (χ1n) is 3.98. The van der Waals surface area contributed by atoms with Gasteiger partial charge < -0.3 is 20.4 Å². The summed E-state index contributed by atoms with van der Waals surface area (Å²) in [6.07, 6.45) is 1.60. The molecule has 0 aromatic heterocycles. The molecule has 0 aliphatic carbocycles. The summed E-state index contributed by atoms with van der Waals surface area (Å²) in [7, 11) is 0. The first-order chi connectivity index (χ1) is 5.83. The molecule has 1 heterocycles. The molecule has 1 aliphatic rings. The molecule has 1 unspecified atom stereocenters. The summed E-state index contributed by atoms with van der Waals surface area (Å²) >= 11 is 0. The summed E-state index contributed by atoms with van der Waals surface area (Å²) in [5.41, 5.74) is 5.25. The van der Waals surface area contributed by atoms with E-state index in [0.29, 0.717) is 19.6 Å². The van der Waals surface area contributed by atoms with Gasteiger partial charge in [-0.15, -0.1) is 0 Å². The third kappa shape index (κ3) is 3.06. The minimum Gasteiger partial charge on any atom is -0.409 e. The van der Waals surface area contributed by atoms with E-state index in [0.717, 1.165) is 13.0 Å². The topological polar surface area (TPSA) is 77.1 Å². The average Bonchev–Trinajstić information content (AvgIpc) is 2.57. The summed E-state index contributed by atoms with van der Waals surface area (Å²) in [5, 5.41) is 11.0. The Morgan fingerprint density at radius 2 is 2.58 bits per heavy atom. The van der Waals surface area contributed by atoms with E-state index >= 15 is 0 Å². The number of ether oxygens (including phenoxy) is 2. The van der Waals surface area contributed by atoms with Crippen LogP contribution in [0.3, 0.4) is 0 Å². The van der Waals surface area contributed by atoms with E-state index in [-0.39, 0.29) is 11.9 Å². The third-order valence-corrected chi connectivity index (χ3v) is 1.73. The Bertz CT molecular complexity index is 155. The van der Waals surface area contributed by atoms with Crippen LogP contribution in [-0.4, -0.2) is 37.0 Å². The summed E-state index contributed by atoms with van der Waals surface area (Å²) in [6, 6.07) is 0. The monoisotopic (exact) mass is 174 g/mol. The fraction of sp³-hybridized carbons (Fsp3) is 0.857. The van der Waals surface area contributed by atoms with Gasteiger partial charge in [-0.05, 0) is 6.42 Å². The van der Waals surface area contributed by atoms with Crippen LogP contribution >= 0.6 is 0 Å². The molecule has 1 aliphatic heterocycles. The molecule has 1 fully saturated rings. The maximum atomic E-state index is 8.21. The molecule has 1 atom stereocenters. The lowest BCUT2D eigenvalue weighted by Gasteiger charge is -2.08. The molecule has 0 amide bonds. The minimum absolute atomic E-state index is 0.191. The summed E-state index contributed by atoms with van der Waals surface area (Å²) in [5.74, 6) is 0.203. The van der Waals surface area contributed by atoms with Gasteiger partial charge in [0.15, 0.2) is 0 Å². The van der Waals surface area contributed by atoms with Crippen LogP contribution < -0.4 is 5.73 Å². The lowest BCUT2D eigenvalue weighted by Crippen LogP contribution is -2.18. The van der Waals surface area contributed by atoms with Crippen molar-refractivity contribution in [3.05, 3.63) is 0 Å². The lowest BCUT2D eigenvalue weighted by atomic mass is 10.3. The van der Waals surface area contributed by atoms with Gasteiger partial charge in [0.05, 0.1) is 19.3 Å². The van der Waals surface area contributed by atoms with Crippen molar-refractivity contribution in [1.29, 1.82) is 0 Å². The average molecular weight is 174 g/mol. The van der Waals surface area contributed by atoms with Crippen LogP contribution in [0.15, 0.2) is 5.16 Å². The predicted octanol–water partition coefficient (Wildman–Crippen LogP) is -0.0716. The number of nitrogens with zero attached hydrogens (tertiary/aromatic N) is 1. The van der Waals surface area contributed by atoms with Crippen LogP contribution in [0.25, 0.3) is 0 Å². The summed E-state index contributed by atoms with van der Waals surface area (Å²) < 4.78 is 10.5. The van der Waals surface area contributed by atoms with Gasteiger partial charge in [0.1, 0.15) is 5.84 Å². The van der Waals surface area contributed by atoms with Crippen molar-refractivity contribution in [3.63, 3.8) is 0 Å². The van der Waals surface area contributed by atoms with Gasteiger partial charge in [-0.25, -0.2) is 0 Å². The standard InChI is InChI=1S/C7H14N2O3/c8-7(9-10)2-4-12-6-1-3-11-5-6/h6,10H,1-5H2,(H2,8,9). The quantitative estimate of drug-likeness (QED) is 0.270. The largest absolute Gasteiger partial charge is 0.409 e. The zero-order valence-electron chi connectivity index (χ0n) is 6.90. The van der Waals surface area contributed by atoms with Gasteiger partial charge in [-0.1, -0.05) is 5.16 Å². The van der Waals surface area contributed by atoms with Crippen LogP contribution in [-0.2, 0) is 9.47 Å². The van der Waals surface area contributed by atoms with Gasteiger partial charge in [0.25, 0.3) is 0 Å². The molecule has 0 saturated carbocycles. The zero-order valence-corrected chi connectivity index (χ0v) is 6.90. The minimum atomic E-state index is 0.191. The highest BCUT2D eigenvalue weighted by molar-refractivity contribution is 5.79. The van der Waals surface area contributed by atoms with Crippen molar-refractivity contribution in [1.82, 2.24) is 0 Å². The second kappa shape index (κ2) is 4.95. The lowest BCUT2D eigenvalue weighted by molar-refractivity contribution is 0.0466. The van der Waals surface area contributed by atoms with Gasteiger partial charge in [-0.3, -0.25) is 0 Å². The van der Waals surface area contributed by atoms with E-state index in [1.165, 1.54) is 0 Å². The van der Waals surface area contributed by atoms with Crippen LogP contribution in [0, 0.1) is 0 Å². The van der Waals surface area contributed by atoms with Crippen LogP contribution in [0.2, 0.25) is 0 Å². The van der Waals surface area contributed by atoms with Crippen molar-refractivity contribution >= 4 is 5.84 Å². The Morgan fingerprint density at radius 1 is 1.75 bits per heavy atom. The van der Waals surface area contributed by atoms with Gasteiger partial charge in [-0.2, -0.15) is 0 Å². The number of nitrogens with two attached hydrogens (primary N) is 1. The highest BCUT2D eigenvalue weighted by atomic mass is 16.5. The van der Waals surface area contributed by atoms with Crippen molar-refractivity contribution < 1.29 is 14.7 Å². The van der Waals surface area contributed by atoms with Crippen LogP contribution in [0.5, 0.6) is 0 Å². The van der Waals surface area contributed by atoms with Crippen molar-refractivity contribution in [2.45, 2.75) is 18.9 Å². The Kier molecular flexibility index (Phi) is 3.83. The first-order valence-corrected chi connectivity index (χ1v) is 3.98. The Balaban J connectivity index is 2.01. The molecular weight excluding hydrogens is 160 g/mol. The maximum absolute atomic E-state index is 8.21. The second-order valence-corrected chi connectivity index (χ2v) is 2.70. The number of hydrogen-bond donors (Lipinski definition) is 2. The highest BCUT2D eigenvalue weighted by Gasteiger charge is 2.15. The van der Waals surface area contributed by atoms with E-state index in [1.807, 2.05) is 0 Å². The van der Waals surface area contributed by atoms with E-state index in [1.54, 1.807) is 0 Å². The molecule has 0 spiro atoms.